The van der Waals surface area contributed by atoms with Gasteiger partial charge in [0.15, 0.2) is 0 Å². The number of hydrogen-bond donors (Lipinski definition) is 1. The molecule has 0 spiro atoms. The molecule has 0 aromatic rings. The van der Waals surface area contributed by atoms with Crippen molar-refractivity contribution in [3.05, 3.63) is 0 Å². The molecule has 1 unspecified atom stereocenters. The molecule has 3 heteroatoms. The van der Waals surface area contributed by atoms with E-state index in [-0.39, 0.29) is 6.67 Å². The normalized spacial score (nSPS) is 13.5. The van der Waals surface area contributed by atoms with Crippen LogP contribution in [0.3, 0.4) is 0 Å². The van der Waals surface area contributed by atoms with Gasteiger partial charge in [-0.2, -0.15) is 11.8 Å². The maximum atomic E-state index is 11.6. The first-order chi connectivity index (χ1) is 4.81. The average Bonchev–Trinajstić information content (AvgIpc) is 1.89. The van der Waals surface area contributed by atoms with Crippen molar-refractivity contribution < 1.29 is 4.39 Å². The van der Waals surface area contributed by atoms with Gasteiger partial charge in [0, 0.05) is 5.25 Å². The van der Waals surface area contributed by atoms with Crippen LogP contribution in [0.4, 0.5) is 4.39 Å². The van der Waals surface area contributed by atoms with Gasteiger partial charge < -0.3 is 5.73 Å². The molecule has 0 rings (SSSR count). The summed E-state index contributed by atoms with van der Waals surface area (Å²) in [7, 11) is 0. The van der Waals surface area contributed by atoms with E-state index in [0.29, 0.717) is 11.7 Å². The highest BCUT2D eigenvalue weighted by Gasteiger charge is 1.99. The van der Waals surface area contributed by atoms with Gasteiger partial charge in [-0.1, -0.05) is 6.92 Å². The molecule has 0 aromatic heterocycles. The summed E-state index contributed by atoms with van der Waals surface area (Å²) in [6, 6.07) is 0. The summed E-state index contributed by atoms with van der Waals surface area (Å²) in [5.41, 5.74) is 5.35. The second-order valence-electron chi connectivity index (χ2n) is 2.30. The predicted molar refractivity (Wildman–Crippen MR) is 46.2 cm³/mol. The third kappa shape index (κ3) is 6.36. The van der Waals surface area contributed by atoms with Crippen LogP contribution in [-0.2, 0) is 0 Å². The second-order valence-corrected chi connectivity index (χ2v) is 3.85. The summed E-state index contributed by atoms with van der Waals surface area (Å²) in [5, 5.41) is 0.594. The maximum absolute atomic E-state index is 11.6. The third-order valence-corrected chi connectivity index (χ3v) is 2.58. The van der Waals surface area contributed by atoms with Gasteiger partial charge in [0.05, 0.1) is 6.67 Å². The van der Waals surface area contributed by atoms with Gasteiger partial charge >= 0.3 is 0 Å². The molecule has 0 bridgehead atoms. The molecule has 0 radical (unpaired) electrons. The Morgan fingerprint density at radius 1 is 1.60 bits per heavy atom. The van der Waals surface area contributed by atoms with Crippen LogP contribution in [0.2, 0.25) is 0 Å². The molecule has 1 atom stereocenters. The lowest BCUT2D eigenvalue weighted by molar-refractivity contribution is 0.489. The van der Waals surface area contributed by atoms with Crippen LogP contribution in [0.15, 0.2) is 0 Å². The summed E-state index contributed by atoms with van der Waals surface area (Å²) < 4.78 is 11.6. The van der Waals surface area contributed by atoms with Crippen molar-refractivity contribution in [2.45, 2.75) is 25.0 Å². The van der Waals surface area contributed by atoms with Crippen LogP contribution in [-0.4, -0.2) is 24.2 Å². The predicted octanol–water partition coefficient (Wildman–Crippen LogP) is 1.82. The topological polar surface area (TPSA) is 26.0 Å². The van der Waals surface area contributed by atoms with Gasteiger partial charge in [0.1, 0.15) is 0 Å². The molecule has 0 saturated heterocycles. The van der Waals surface area contributed by atoms with Crippen LogP contribution in [0.25, 0.3) is 0 Å². The molecule has 0 aliphatic carbocycles. The van der Waals surface area contributed by atoms with E-state index in [1.165, 1.54) is 0 Å². The zero-order chi connectivity index (χ0) is 7.82. The summed E-state index contributed by atoms with van der Waals surface area (Å²) in [6.07, 6.45) is 1.72. The Morgan fingerprint density at radius 3 is 2.80 bits per heavy atom. The fraction of sp³-hybridized carbons (Fsp3) is 1.00. The Balaban J connectivity index is 2.97. The van der Waals surface area contributed by atoms with Gasteiger partial charge in [-0.25, -0.2) is 0 Å². The fourth-order valence-corrected chi connectivity index (χ4v) is 1.64. The Kier molecular flexibility index (Phi) is 7.52. The number of thioether (sulfide) groups is 1. The number of hydrogen-bond acceptors (Lipinski definition) is 2. The minimum Gasteiger partial charge on any atom is -0.330 e. The lowest BCUT2D eigenvalue weighted by Crippen LogP contribution is -2.07. The highest BCUT2D eigenvalue weighted by Crippen LogP contribution is 2.13. The smallest absolute Gasteiger partial charge is 0.0902 e. The summed E-state index contributed by atoms with van der Waals surface area (Å²) in [6.45, 7) is 2.68. The molecular weight excluding hydrogens is 149 g/mol. The highest BCUT2D eigenvalue weighted by atomic mass is 32.2. The Labute approximate surface area is 66.6 Å². The van der Waals surface area contributed by atoms with Gasteiger partial charge in [0.25, 0.3) is 0 Å². The molecule has 0 heterocycles. The molecule has 1 nitrogen and oxygen atoms in total. The molecule has 0 aliphatic heterocycles. The van der Waals surface area contributed by atoms with Crippen LogP contribution in [0.1, 0.15) is 19.8 Å². The lowest BCUT2D eigenvalue weighted by Gasteiger charge is -2.07. The van der Waals surface area contributed by atoms with Crippen molar-refractivity contribution in [2.24, 2.45) is 5.73 Å². The molecule has 0 amide bonds. The van der Waals surface area contributed by atoms with Crippen LogP contribution < -0.4 is 5.73 Å². The largest absolute Gasteiger partial charge is 0.330 e. The number of rotatable bonds is 6. The second kappa shape index (κ2) is 7.35. The quantitative estimate of drug-likeness (QED) is 0.607. The zero-order valence-corrected chi connectivity index (χ0v) is 7.29. The molecule has 0 fully saturated rings. The van der Waals surface area contributed by atoms with Crippen LogP contribution in [0.5, 0.6) is 0 Å². The Hall–Kier alpha value is 0.240. The number of halogens is 1. The van der Waals surface area contributed by atoms with Crippen molar-refractivity contribution in [1.29, 1.82) is 0 Å². The van der Waals surface area contributed by atoms with E-state index < -0.39 is 0 Å². The van der Waals surface area contributed by atoms with Crippen molar-refractivity contribution in [3.8, 4) is 0 Å². The molecule has 0 aromatic carbocycles. The zero-order valence-electron chi connectivity index (χ0n) is 6.48. The third-order valence-electron chi connectivity index (χ3n) is 1.25. The monoisotopic (exact) mass is 165 g/mol. The van der Waals surface area contributed by atoms with Crippen molar-refractivity contribution in [3.63, 3.8) is 0 Å². The molecule has 62 valence electrons. The maximum Gasteiger partial charge on any atom is 0.0902 e. The van der Waals surface area contributed by atoms with Crippen LogP contribution in [0, 0.1) is 0 Å². The van der Waals surface area contributed by atoms with Crippen molar-refractivity contribution >= 4 is 11.8 Å². The van der Waals surface area contributed by atoms with Crippen LogP contribution >= 0.6 is 11.8 Å². The fourth-order valence-electron chi connectivity index (χ4n) is 0.657. The summed E-state index contributed by atoms with van der Waals surface area (Å²) in [4.78, 5) is 0. The van der Waals surface area contributed by atoms with Crippen molar-refractivity contribution in [2.75, 3.05) is 19.0 Å². The van der Waals surface area contributed by atoms with Gasteiger partial charge in [-0.15, -0.1) is 0 Å². The van der Waals surface area contributed by atoms with Gasteiger partial charge in [-0.05, 0) is 25.1 Å². The van der Waals surface area contributed by atoms with E-state index in [4.69, 9.17) is 5.73 Å². The molecular formula is C7H16FNS. The first-order valence-electron chi connectivity index (χ1n) is 3.69. The summed E-state index contributed by atoms with van der Waals surface area (Å²) in [5.74, 6) is 0.928. The average molecular weight is 165 g/mol. The Bertz CT molecular complexity index is 70.6. The van der Waals surface area contributed by atoms with E-state index >= 15 is 0 Å². The van der Waals surface area contributed by atoms with E-state index in [1.807, 2.05) is 0 Å². The van der Waals surface area contributed by atoms with E-state index in [1.54, 1.807) is 11.8 Å². The van der Waals surface area contributed by atoms with E-state index in [0.717, 1.165) is 18.7 Å². The Morgan fingerprint density at radius 2 is 2.30 bits per heavy atom. The van der Waals surface area contributed by atoms with Gasteiger partial charge in [-0.3, -0.25) is 4.39 Å². The standard InChI is InChI=1S/C7H16FNS/c1-7(3-5-9)10-6-2-4-8/h7H,2-6,9H2,1H3. The number of nitrogens with two attached hydrogens (primary N) is 1. The minimum absolute atomic E-state index is 0.192. The molecule has 0 saturated carbocycles. The lowest BCUT2D eigenvalue weighted by atomic mass is 10.3. The number of alkyl halides is 1. The van der Waals surface area contributed by atoms with E-state index in [2.05, 4.69) is 6.92 Å². The first kappa shape index (κ1) is 10.2. The molecule has 10 heavy (non-hydrogen) atoms. The van der Waals surface area contributed by atoms with E-state index in [9.17, 15) is 4.39 Å². The molecule has 2 N–H and O–H groups in total. The first-order valence-corrected chi connectivity index (χ1v) is 4.73. The van der Waals surface area contributed by atoms with Gasteiger partial charge in [0.2, 0.25) is 0 Å². The highest BCUT2D eigenvalue weighted by molar-refractivity contribution is 7.99. The summed E-state index contributed by atoms with van der Waals surface area (Å²) >= 11 is 1.81. The SMILES string of the molecule is CC(CCN)SCCCF. The van der Waals surface area contributed by atoms with Crippen molar-refractivity contribution in [1.82, 2.24) is 0 Å². The minimum atomic E-state index is -0.192. The molecule has 0 aliphatic rings.